The van der Waals surface area contributed by atoms with Crippen molar-refractivity contribution in [3.63, 3.8) is 0 Å². The molecule has 0 rings (SSSR count). The van der Waals surface area contributed by atoms with Gasteiger partial charge in [0.05, 0.1) is 0 Å². The minimum atomic E-state index is -2.56. The van der Waals surface area contributed by atoms with E-state index in [4.69, 9.17) is 9.25 Å². The van der Waals surface area contributed by atoms with E-state index < -0.39 is 8.25 Å². The van der Waals surface area contributed by atoms with Crippen LogP contribution in [0.5, 0.6) is 0 Å². The summed E-state index contributed by atoms with van der Waals surface area (Å²) in [6.45, 7) is 16.0. The van der Waals surface area contributed by atoms with E-state index in [-0.39, 0.29) is 24.2 Å². The number of hydrogen-bond acceptors (Lipinski definition) is 5. The van der Waals surface area contributed by atoms with Gasteiger partial charge >= 0.3 is 8.25 Å². The van der Waals surface area contributed by atoms with Crippen molar-refractivity contribution in [2.45, 2.75) is 79.6 Å². The molecule has 0 radical (unpaired) electrons. The Labute approximate surface area is 112 Å². The van der Waals surface area contributed by atoms with Crippen LogP contribution >= 0.6 is 8.25 Å². The normalized spacial score (nSPS) is 13.3. The van der Waals surface area contributed by atoms with Gasteiger partial charge in [0.2, 0.25) is 0 Å². The molecule has 0 atom stereocenters. The molecule has 0 N–H and O–H groups in total. The van der Waals surface area contributed by atoms with Crippen molar-refractivity contribution in [2.75, 3.05) is 0 Å². The van der Waals surface area contributed by atoms with Crippen molar-refractivity contribution in [2.24, 2.45) is 0 Å². The molecule has 0 unspecified atom stereocenters. The first kappa shape index (κ1) is 18.1. The van der Waals surface area contributed by atoms with Crippen LogP contribution in [0.1, 0.15) is 55.4 Å². The number of hydroxylamine groups is 4. The Morgan fingerprint density at radius 1 is 0.667 bits per heavy atom. The van der Waals surface area contributed by atoms with Gasteiger partial charge in [0, 0.05) is 24.2 Å². The Balaban J connectivity index is 4.48. The van der Waals surface area contributed by atoms with Crippen LogP contribution < -0.4 is 0 Å². The molecule has 18 heavy (non-hydrogen) atoms. The first-order valence-electron chi connectivity index (χ1n) is 6.63. The lowest BCUT2D eigenvalue weighted by Crippen LogP contribution is -2.38. The average Bonchev–Trinajstić information content (AvgIpc) is 2.20. The molecule has 110 valence electrons. The highest BCUT2D eigenvalue weighted by molar-refractivity contribution is 7.33. The van der Waals surface area contributed by atoms with Gasteiger partial charge in [-0.05, 0) is 55.4 Å². The second-order valence-electron chi connectivity index (χ2n) is 5.53. The van der Waals surface area contributed by atoms with Gasteiger partial charge in [0.25, 0.3) is 0 Å². The molecule has 0 aliphatic rings. The first-order valence-corrected chi connectivity index (χ1v) is 7.85. The molecular formula is C12H29N2O3P. The fourth-order valence-electron chi connectivity index (χ4n) is 1.80. The van der Waals surface area contributed by atoms with Crippen LogP contribution in [0.15, 0.2) is 0 Å². The molecule has 0 amide bonds. The predicted molar refractivity (Wildman–Crippen MR) is 75.4 cm³/mol. The minimum Gasteiger partial charge on any atom is -0.260 e. The Morgan fingerprint density at radius 3 is 1.06 bits per heavy atom. The maximum Gasteiger partial charge on any atom is 0.352 e. The lowest BCUT2D eigenvalue weighted by atomic mass is 10.3. The van der Waals surface area contributed by atoms with Crippen molar-refractivity contribution < 1.29 is 13.8 Å². The summed E-state index contributed by atoms with van der Waals surface area (Å²) in [4.78, 5) is 0. The van der Waals surface area contributed by atoms with Gasteiger partial charge in [-0.15, -0.1) is 0 Å². The highest BCUT2D eigenvalue weighted by Crippen LogP contribution is 2.31. The van der Waals surface area contributed by atoms with Crippen LogP contribution in [0.25, 0.3) is 0 Å². The largest absolute Gasteiger partial charge is 0.352 e. The summed E-state index contributed by atoms with van der Waals surface area (Å²) in [5.41, 5.74) is 0. The molecule has 0 aromatic carbocycles. The third-order valence-corrected chi connectivity index (χ3v) is 3.12. The monoisotopic (exact) mass is 280 g/mol. The van der Waals surface area contributed by atoms with Crippen LogP contribution in [0, 0.1) is 0 Å². The van der Waals surface area contributed by atoms with Crippen molar-refractivity contribution in [1.82, 2.24) is 10.1 Å². The fourth-order valence-corrected chi connectivity index (χ4v) is 3.02. The van der Waals surface area contributed by atoms with E-state index in [0.29, 0.717) is 0 Å². The second-order valence-corrected chi connectivity index (χ2v) is 6.39. The average molecular weight is 280 g/mol. The molecule has 0 aromatic rings. The summed E-state index contributed by atoms with van der Waals surface area (Å²) in [6.07, 6.45) is 0. The number of hydrogen-bond donors (Lipinski definition) is 0. The molecule has 0 aliphatic heterocycles. The molecule has 0 heterocycles. The zero-order valence-corrected chi connectivity index (χ0v) is 13.9. The predicted octanol–water partition coefficient (Wildman–Crippen LogP) is 3.48. The maximum absolute atomic E-state index is 11.9. The third-order valence-electron chi connectivity index (χ3n) is 2.40. The van der Waals surface area contributed by atoms with Crippen molar-refractivity contribution in [3.05, 3.63) is 0 Å². The third kappa shape index (κ3) is 6.30. The Morgan fingerprint density at radius 2 is 0.889 bits per heavy atom. The van der Waals surface area contributed by atoms with Gasteiger partial charge < -0.3 is 0 Å². The molecule has 0 saturated heterocycles. The van der Waals surface area contributed by atoms with E-state index in [9.17, 15) is 4.57 Å². The summed E-state index contributed by atoms with van der Waals surface area (Å²) in [5.74, 6) is 0. The smallest absolute Gasteiger partial charge is 0.260 e. The molecule has 0 bridgehead atoms. The zero-order chi connectivity index (χ0) is 14.5. The molecule has 0 spiro atoms. The van der Waals surface area contributed by atoms with Gasteiger partial charge in [-0.2, -0.15) is 10.1 Å². The van der Waals surface area contributed by atoms with E-state index in [1.54, 1.807) is 10.1 Å². The summed E-state index contributed by atoms with van der Waals surface area (Å²) < 4.78 is 22.8. The fraction of sp³-hybridized carbons (Fsp3) is 1.00. The van der Waals surface area contributed by atoms with Crippen LogP contribution in [0.4, 0.5) is 0 Å². The molecular weight excluding hydrogens is 251 g/mol. The van der Waals surface area contributed by atoms with E-state index in [2.05, 4.69) is 0 Å². The standard InChI is InChI=1S/C12H29N2O3P/c1-9(2)13(10(3)4)16-18(15)17-14(11(5)6)12(7)8/h9-12,18H,1-8H3. The van der Waals surface area contributed by atoms with E-state index >= 15 is 0 Å². The van der Waals surface area contributed by atoms with Crippen LogP contribution in [0.3, 0.4) is 0 Å². The van der Waals surface area contributed by atoms with Crippen molar-refractivity contribution in [1.29, 1.82) is 0 Å². The summed E-state index contributed by atoms with van der Waals surface area (Å²) in [5, 5.41) is 3.42. The lowest BCUT2D eigenvalue weighted by Gasteiger charge is -2.32. The van der Waals surface area contributed by atoms with Crippen LogP contribution in [-0.4, -0.2) is 34.3 Å². The molecule has 0 aromatic heterocycles. The van der Waals surface area contributed by atoms with Gasteiger partial charge in [-0.3, -0.25) is 4.57 Å². The summed E-state index contributed by atoms with van der Waals surface area (Å²) >= 11 is 0. The van der Waals surface area contributed by atoms with Crippen molar-refractivity contribution in [3.8, 4) is 0 Å². The minimum absolute atomic E-state index is 0.161. The van der Waals surface area contributed by atoms with E-state index in [1.807, 2.05) is 55.4 Å². The van der Waals surface area contributed by atoms with E-state index in [0.717, 1.165) is 0 Å². The number of rotatable bonds is 8. The molecule has 6 heteroatoms. The highest BCUT2D eigenvalue weighted by atomic mass is 31.1. The van der Waals surface area contributed by atoms with Crippen molar-refractivity contribution >= 4 is 8.25 Å². The SMILES string of the molecule is CC(C)N(O[PH](=O)ON(C(C)C)C(C)C)C(C)C. The Bertz CT molecular complexity index is 218. The van der Waals surface area contributed by atoms with Crippen LogP contribution in [0.2, 0.25) is 0 Å². The zero-order valence-electron chi connectivity index (χ0n) is 12.9. The topological polar surface area (TPSA) is 42.0 Å². The quantitative estimate of drug-likeness (QED) is 0.503. The maximum atomic E-state index is 11.9. The summed E-state index contributed by atoms with van der Waals surface area (Å²) in [6, 6.07) is 0.645. The van der Waals surface area contributed by atoms with Gasteiger partial charge in [-0.25, -0.2) is 9.25 Å². The Hall–Kier alpha value is 0.0700. The molecule has 0 aliphatic carbocycles. The highest BCUT2D eigenvalue weighted by Gasteiger charge is 2.22. The Kier molecular flexibility index (Phi) is 8.31. The van der Waals surface area contributed by atoms with Gasteiger partial charge in [0.1, 0.15) is 0 Å². The summed E-state index contributed by atoms with van der Waals surface area (Å²) in [7, 11) is -2.56. The lowest BCUT2D eigenvalue weighted by molar-refractivity contribution is -0.160. The first-order chi connectivity index (χ1) is 8.16. The van der Waals surface area contributed by atoms with E-state index in [1.165, 1.54) is 0 Å². The molecule has 0 saturated carbocycles. The molecule has 5 nitrogen and oxygen atoms in total. The number of nitrogens with zero attached hydrogens (tertiary/aromatic N) is 2. The van der Waals surface area contributed by atoms with Crippen LogP contribution in [-0.2, 0) is 13.8 Å². The van der Waals surface area contributed by atoms with Gasteiger partial charge in [0.15, 0.2) is 0 Å². The second kappa shape index (κ2) is 8.28. The molecule has 0 fully saturated rings. The van der Waals surface area contributed by atoms with Gasteiger partial charge in [-0.1, -0.05) is 0 Å².